The maximum absolute atomic E-state index is 15.0. The molecule has 0 bridgehead atoms. The van der Waals surface area contributed by atoms with Crippen molar-refractivity contribution in [2.75, 3.05) is 16.0 Å². The van der Waals surface area contributed by atoms with Crippen molar-refractivity contribution in [1.29, 1.82) is 5.26 Å². The topological polar surface area (TPSA) is 126 Å². The van der Waals surface area contributed by atoms with E-state index >= 15 is 4.39 Å². The first-order valence-electron chi connectivity index (χ1n) is 12.9. The average molecular weight is 624 g/mol. The Hall–Kier alpha value is -5.23. The van der Waals surface area contributed by atoms with Crippen molar-refractivity contribution in [2.24, 2.45) is 4.99 Å². The molecule has 1 saturated heterocycles. The summed E-state index contributed by atoms with van der Waals surface area (Å²) in [4.78, 5) is 35.0. The number of halogens is 4. The van der Waals surface area contributed by atoms with Crippen molar-refractivity contribution in [1.82, 2.24) is 14.8 Å². The van der Waals surface area contributed by atoms with E-state index in [1.807, 2.05) is 19.9 Å². The van der Waals surface area contributed by atoms with Gasteiger partial charge in [0.15, 0.2) is 11.0 Å². The second-order valence-corrected chi connectivity index (χ2v) is 10.6. The molecule has 1 fully saturated rings. The number of carbonyl (C=O) groups excluding carboxylic acids is 2. The lowest BCUT2D eigenvalue weighted by Crippen LogP contribution is -2.31. The zero-order chi connectivity index (χ0) is 31.6. The molecule has 3 amide bonds. The van der Waals surface area contributed by atoms with Gasteiger partial charge in [0.2, 0.25) is 5.91 Å². The predicted octanol–water partition coefficient (Wildman–Crippen LogP) is 6.63. The number of hydrogen-bond acceptors (Lipinski definition) is 7. The number of hydrogen-bond donors (Lipinski definition) is 1. The minimum atomic E-state index is -4.82. The van der Waals surface area contributed by atoms with E-state index in [-0.39, 0.29) is 39.8 Å². The number of nitrogens with one attached hydrogen (secondary N) is 1. The lowest BCUT2D eigenvalue weighted by Gasteiger charge is -2.21. The van der Waals surface area contributed by atoms with Gasteiger partial charge in [-0.3, -0.25) is 9.69 Å². The third-order valence-corrected chi connectivity index (χ3v) is 7.20. The molecule has 0 atom stereocenters. The van der Waals surface area contributed by atoms with Gasteiger partial charge in [-0.15, -0.1) is 18.3 Å². The molecule has 224 valence electrons. The highest BCUT2D eigenvalue weighted by atomic mass is 32.2. The first kappa shape index (κ1) is 30.2. The van der Waals surface area contributed by atoms with Crippen molar-refractivity contribution in [2.45, 2.75) is 26.1 Å². The maximum Gasteiger partial charge on any atom is 0.573 e. The summed E-state index contributed by atoms with van der Waals surface area (Å²) in [5.41, 5.74) is 2.06. The number of rotatable bonds is 6. The van der Waals surface area contributed by atoms with Crippen molar-refractivity contribution in [3.63, 3.8) is 0 Å². The molecule has 44 heavy (non-hydrogen) atoms. The summed E-state index contributed by atoms with van der Waals surface area (Å²) >= 11 is 1.05. The zero-order valence-corrected chi connectivity index (χ0v) is 23.8. The maximum atomic E-state index is 15.0. The fourth-order valence-electron chi connectivity index (χ4n) is 4.28. The van der Waals surface area contributed by atoms with Gasteiger partial charge >= 0.3 is 12.4 Å². The van der Waals surface area contributed by atoms with Crippen LogP contribution in [0.5, 0.6) is 5.75 Å². The molecule has 0 unspecified atom stereocenters. The van der Waals surface area contributed by atoms with E-state index in [1.54, 1.807) is 18.2 Å². The number of nitrogens with zero attached hydrogens (tertiary/aromatic N) is 6. The molecule has 10 nitrogen and oxygen atoms in total. The van der Waals surface area contributed by atoms with E-state index < -0.39 is 24.0 Å². The summed E-state index contributed by atoms with van der Waals surface area (Å²) in [6, 6.07) is 14.9. The van der Waals surface area contributed by atoms with E-state index in [2.05, 4.69) is 25.1 Å². The van der Waals surface area contributed by atoms with Gasteiger partial charge in [0, 0.05) is 5.56 Å². The molecule has 0 saturated carbocycles. The van der Waals surface area contributed by atoms with Crippen LogP contribution in [0.2, 0.25) is 0 Å². The summed E-state index contributed by atoms with van der Waals surface area (Å²) in [5, 5.41) is 16.1. The molecule has 5 rings (SSSR count). The number of aromatic nitrogens is 3. The van der Waals surface area contributed by atoms with Crippen molar-refractivity contribution in [3.05, 3.63) is 83.9 Å². The summed E-state index contributed by atoms with van der Waals surface area (Å²) in [7, 11) is 0. The molecule has 0 radical (unpaired) electrons. The third kappa shape index (κ3) is 6.70. The Bertz CT molecular complexity index is 1810. The normalized spacial score (nSPS) is 14.3. The van der Waals surface area contributed by atoms with Crippen molar-refractivity contribution < 1.29 is 31.9 Å². The standard InChI is InChI=1S/C29H21F4N7O3S/c1-16(2)21-9-3-17(13-34)11-24(21)40-25(41)14-44-28(40)37-27(42)36-23-10-4-18(12-22(23)30)26-35-15-39(38-26)19-5-7-20(8-6-19)43-29(31,32)33/h3-12,15-16H,14H2,1-2H3,(H,36,42). The lowest BCUT2D eigenvalue weighted by atomic mass is 9.98. The molecule has 3 aromatic carbocycles. The molecule has 1 aliphatic rings. The van der Waals surface area contributed by atoms with Gasteiger partial charge in [-0.2, -0.15) is 10.3 Å². The van der Waals surface area contributed by atoms with Crippen LogP contribution in [-0.2, 0) is 4.79 Å². The largest absolute Gasteiger partial charge is 0.573 e. The van der Waals surface area contributed by atoms with Crippen LogP contribution in [0.3, 0.4) is 0 Å². The van der Waals surface area contributed by atoms with Crippen LogP contribution >= 0.6 is 11.8 Å². The summed E-state index contributed by atoms with van der Waals surface area (Å²) in [6.45, 7) is 3.87. The Labute approximate surface area is 252 Å². The first-order chi connectivity index (χ1) is 20.9. The van der Waals surface area contributed by atoms with E-state index in [0.29, 0.717) is 16.9 Å². The second kappa shape index (κ2) is 12.2. The highest BCUT2D eigenvalue weighted by Crippen LogP contribution is 2.34. The zero-order valence-electron chi connectivity index (χ0n) is 23.0. The highest BCUT2D eigenvalue weighted by molar-refractivity contribution is 8.15. The molecule has 15 heteroatoms. The molecule has 1 aliphatic heterocycles. The van der Waals surface area contributed by atoms with E-state index in [9.17, 15) is 28.0 Å². The fourth-order valence-corrected chi connectivity index (χ4v) is 5.14. The molecular formula is C29H21F4N7O3S. The quantitative estimate of drug-likeness (QED) is 0.239. The Morgan fingerprint density at radius 3 is 2.55 bits per heavy atom. The summed E-state index contributed by atoms with van der Waals surface area (Å²) in [6.07, 6.45) is -3.51. The molecule has 0 aliphatic carbocycles. The van der Waals surface area contributed by atoms with Crippen LogP contribution in [0.15, 0.2) is 72.0 Å². The number of benzene rings is 3. The Morgan fingerprint density at radius 1 is 1.14 bits per heavy atom. The molecule has 4 aromatic rings. The Kier molecular flexibility index (Phi) is 8.36. The average Bonchev–Trinajstić information content (AvgIpc) is 3.60. The van der Waals surface area contributed by atoms with Crippen LogP contribution in [0.1, 0.15) is 30.9 Å². The lowest BCUT2D eigenvalue weighted by molar-refractivity contribution is -0.274. The van der Waals surface area contributed by atoms with Gasteiger partial charge in [-0.1, -0.05) is 31.7 Å². The summed E-state index contributed by atoms with van der Waals surface area (Å²) in [5.74, 6) is -1.35. The van der Waals surface area contributed by atoms with Gasteiger partial charge in [-0.25, -0.2) is 18.9 Å². The number of carbonyl (C=O) groups is 2. The number of nitriles is 1. The molecular weight excluding hydrogens is 602 g/mol. The molecule has 1 N–H and O–H groups in total. The Balaban J connectivity index is 1.32. The highest BCUT2D eigenvalue weighted by Gasteiger charge is 2.33. The number of anilines is 2. The van der Waals surface area contributed by atoms with Gasteiger partial charge in [0.1, 0.15) is 17.9 Å². The fraction of sp³-hybridized carbons (Fsp3) is 0.172. The number of ether oxygens (including phenoxy) is 1. The summed E-state index contributed by atoms with van der Waals surface area (Å²) < 4.78 is 57.4. The van der Waals surface area contributed by atoms with Crippen LogP contribution in [0.25, 0.3) is 17.1 Å². The first-order valence-corrected chi connectivity index (χ1v) is 13.9. The number of urea groups is 1. The van der Waals surface area contributed by atoms with Gasteiger partial charge in [-0.05, 0) is 66.1 Å². The van der Waals surface area contributed by atoms with Crippen LogP contribution in [0, 0.1) is 17.1 Å². The minimum Gasteiger partial charge on any atom is -0.406 e. The molecule has 1 aromatic heterocycles. The number of amides is 3. The van der Waals surface area contributed by atoms with Gasteiger partial charge in [0.05, 0.1) is 34.4 Å². The third-order valence-electron chi connectivity index (χ3n) is 6.28. The monoisotopic (exact) mass is 623 g/mol. The van der Waals surface area contributed by atoms with Crippen LogP contribution < -0.4 is 15.0 Å². The Morgan fingerprint density at radius 2 is 1.89 bits per heavy atom. The predicted molar refractivity (Wildman–Crippen MR) is 155 cm³/mol. The number of thioether (sulfide) groups is 1. The number of aliphatic imine (C=N–C) groups is 1. The number of alkyl halides is 3. The van der Waals surface area contributed by atoms with E-state index in [0.717, 1.165) is 35.5 Å². The second-order valence-electron chi connectivity index (χ2n) is 9.63. The molecule has 2 heterocycles. The van der Waals surface area contributed by atoms with Crippen molar-refractivity contribution >= 4 is 40.2 Å². The molecule has 0 spiro atoms. The minimum absolute atomic E-state index is 0.0122. The van der Waals surface area contributed by atoms with Gasteiger partial charge in [0.25, 0.3) is 0 Å². The van der Waals surface area contributed by atoms with E-state index in [1.165, 1.54) is 40.2 Å². The smallest absolute Gasteiger partial charge is 0.406 e. The van der Waals surface area contributed by atoms with Gasteiger partial charge < -0.3 is 10.1 Å². The van der Waals surface area contributed by atoms with Crippen molar-refractivity contribution in [3.8, 4) is 28.9 Å². The van der Waals surface area contributed by atoms with E-state index in [4.69, 9.17) is 0 Å². The van der Waals surface area contributed by atoms with Crippen LogP contribution in [0.4, 0.5) is 33.7 Å². The van der Waals surface area contributed by atoms with Crippen LogP contribution in [-0.4, -0.2) is 44.0 Å². The SMILES string of the molecule is CC(C)c1ccc(C#N)cc1N1C(=O)CSC1=NC(=O)Nc1ccc(-c2ncn(-c3ccc(OC(F)(F)F)cc3)n2)cc1F. The number of amidine groups is 1.